The lowest BCUT2D eigenvalue weighted by Gasteiger charge is -2.29. The van der Waals surface area contributed by atoms with Gasteiger partial charge in [-0.15, -0.1) is 0 Å². The van der Waals surface area contributed by atoms with Crippen molar-refractivity contribution < 1.29 is 27.0 Å². The first kappa shape index (κ1) is 17.9. The molecule has 1 fully saturated rings. The van der Waals surface area contributed by atoms with Gasteiger partial charge in [0.1, 0.15) is 5.82 Å². The van der Waals surface area contributed by atoms with Gasteiger partial charge in [0.2, 0.25) is 0 Å². The molecule has 0 N–H and O–H groups in total. The lowest BCUT2D eigenvalue weighted by atomic mass is 10.0. The molecule has 3 rings (SSSR count). The van der Waals surface area contributed by atoms with Crippen molar-refractivity contribution in [2.45, 2.75) is 26.1 Å². The summed E-state index contributed by atoms with van der Waals surface area (Å²) in [5.74, 6) is -4.66. The second-order valence-electron chi connectivity index (χ2n) is 6.15. The first-order valence-electron chi connectivity index (χ1n) is 8.17. The van der Waals surface area contributed by atoms with Gasteiger partial charge in [-0.05, 0) is 30.2 Å². The van der Waals surface area contributed by atoms with Crippen LogP contribution < -0.4 is 0 Å². The van der Waals surface area contributed by atoms with E-state index in [-0.39, 0.29) is 11.1 Å². The van der Waals surface area contributed by atoms with Crippen LogP contribution in [-0.4, -0.2) is 13.2 Å². The Bertz CT molecular complexity index is 732. The van der Waals surface area contributed by atoms with E-state index in [1.165, 1.54) is 12.1 Å². The standard InChI is InChI=1S/C19H18F4O2/c1-2-3-11-9-24-19(25-10-11)12-4-5-14(15(20)6-12)13-7-16(21)18(23)17(22)8-13/h4-8,11,19H,2-3,9-10H2,1H3. The van der Waals surface area contributed by atoms with Gasteiger partial charge in [0.05, 0.1) is 13.2 Å². The predicted molar refractivity (Wildman–Crippen MR) is 84.8 cm³/mol. The summed E-state index contributed by atoms with van der Waals surface area (Å²) in [6.45, 7) is 3.16. The molecular formula is C19H18F4O2. The predicted octanol–water partition coefficient (Wildman–Crippen LogP) is 5.37. The summed E-state index contributed by atoms with van der Waals surface area (Å²) in [6, 6.07) is 5.68. The topological polar surface area (TPSA) is 18.5 Å². The fraction of sp³-hybridized carbons (Fsp3) is 0.368. The Kier molecular flexibility index (Phi) is 5.39. The van der Waals surface area contributed by atoms with Crippen LogP contribution >= 0.6 is 0 Å². The second kappa shape index (κ2) is 7.54. The maximum Gasteiger partial charge on any atom is 0.194 e. The minimum Gasteiger partial charge on any atom is -0.348 e. The first-order valence-corrected chi connectivity index (χ1v) is 8.17. The molecule has 0 saturated carbocycles. The molecule has 134 valence electrons. The molecule has 0 aliphatic carbocycles. The van der Waals surface area contributed by atoms with E-state index >= 15 is 0 Å². The Balaban J connectivity index is 1.80. The summed E-state index contributed by atoms with van der Waals surface area (Å²) in [5.41, 5.74) is 0.384. The molecule has 0 unspecified atom stereocenters. The Morgan fingerprint density at radius 2 is 1.56 bits per heavy atom. The molecule has 0 amide bonds. The molecular weight excluding hydrogens is 336 g/mol. The Morgan fingerprint density at radius 1 is 0.920 bits per heavy atom. The van der Waals surface area contributed by atoms with Crippen LogP contribution in [0, 0.1) is 29.2 Å². The number of halogens is 4. The fourth-order valence-electron chi connectivity index (χ4n) is 2.93. The van der Waals surface area contributed by atoms with Gasteiger partial charge in [-0.3, -0.25) is 0 Å². The van der Waals surface area contributed by atoms with Gasteiger partial charge in [0.15, 0.2) is 23.7 Å². The Morgan fingerprint density at radius 3 is 2.12 bits per heavy atom. The molecule has 0 spiro atoms. The average Bonchev–Trinajstić information content (AvgIpc) is 2.60. The van der Waals surface area contributed by atoms with E-state index in [4.69, 9.17) is 9.47 Å². The number of rotatable bonds is 4. The van der Waals surface area contributed by atoms with E-state index in [2.05, 4.69) is 6.92 Å². The second-order valence-corrected chi connectivity index (χ2v) is 6.15. The first-order chi connectivity index (χ1) is 12.0. The van der Waals surface area contributed by atoms with Gasteiger partial charge in [-0.1, -0.05) is 25.5 Å². The molecule has 1 heterocycles. The molecule has 0 atom stereocenters. The van der Waals surface area contributed by atoms with E-state index < -0.39 is 29.6 Å². The highest BCUT2D eigenvalue weighted by atomic mass is 19.2. The third-order valence-electron chi connectivity index (χ3n) is 4.22. The van der Waals surface area contributed by atoms with Crippen LogP contribution in [0.1, 0.15) is 31.6 Å². The van der Waals surface area contributed by atoms with Crippen LogP contribution in [0.3, 0.4) is 0 Å². The summed E-state index contributed by atoms with van der Waals surface area (Å²) in [7, 11) is 0. The maximum absolute atomic E-state index is 14.4. The minimum atomic E-state index is -1.58. The van der Waals surface area contributed by atoms with Gasteiger partial charge in [-0.2, -0.15) is 0 Å². The van der Waals surface area contributed by atoms with Crippen molar-refractivity contribution in [3.8, 4) is 11.1 Å². The molecule has 0 radical (unpaired) electrons. The Hall–Kier alpha value is -1.92. The summed E-state index contributed by atoms with van der Waals surface area (Å²) in [4.78, 5) is 0. The summed E-state index contributed by atoms with van der Waals surface area (Å²) in [6.07, 6.45) is 1.37. The van der Waals surface area contributed by atoms with Crippen molar-refractivity contribution in [2.75, 3.05) is 13.2 Å². The number of benzene rings is 2. The highest BCUT2D eigenvalue weighted by Gasteiger charge is 2.24. The third kappa shape index (κ3) is 3.85. The van der Waals surface area contributed by atoms with Crippen molar-refractivity contribution in [1.29, 1.82) is 0 Å². The molecule has 1 aliphatic heterocycles. The van der Waals surface area contributed by atoms with Crippen molar-refractivity contribution in [2.24, 2.45) is 5.92 Å². The highest BCUT2D eigenvalue weighted by molar-refractivity contribution is 5.64. The third-order valence-corrected chi connectivity index (χ3v) is 4.22. The van der Waals surface area contributed by atoms with Crippen LogP contribution in [0.15, 0.2) is 30.3 Å². The molecule has 1 aliphatic rings. The van der Waals surface area contributed by atoms with Gasteiger partial charge in [0, 0.05) is 17.0 Å². The van der Waals surface area contributed by atoms with Crippen LogP contribution in [0.5, 0.6) is 0 Å². The monoisotopic (exact) mass is 354 g/mol. The lowest BCUT2D eigenvalue weighted by molar-refractivity contribution is -0.206. The molecule has 25 heavy (non-hydrogen) atoms. The zero-order valence-electron chi connectivity index (χ0n) is 13.7. The molecule has 2 aromatic carbocycles. The van der Waals surface area contributed by atoms with Gasteiger partial charge in [-0.25, -0.2) is 17.6 Å². The fourth-order valence-corrected chi connectivity index (χ4v) is 2.93. The maximum atomic E-state index is 14.4. The SMILES string of the molecule is CCCC1COC(c2ccc(-c3cc(F)c(F)c(F)c3)c(F)c2)OC1. The molecule has 2 nitrogen and oxygen atoms in total. The average molecular weight is 354 g/mol. The zero-order chi connectivity index (χ0) is 18.0. The summed E-state index contributed by atoms with van der Waals surface area (Å²) < 4.78 is 65.4. The summed E-state index contributed by atoms with van der Waals surface area (Å²) in [5, 5.41) is 0. The van der Waals surface area contributed by atoms with Crippen molar-refractivity contribution in [1.82, 2.24) is 0 Å². The smallest absolute Gasteiger partial charge is 0.194 e. The van der Waals surface area contributed by atoms with E-state index in [0.29, 0.717) is 24.7 Å². The number of hydrogen-bond donors (Lipinski definition) is 0. The van der Waals surface area contributed by atoms with Crippen LogP contribution in [0.4, 0.5) is 17.6 Å². The molecule has 0 bridgehead atoms. The van der Waals surface area contributed by atoms with Gasteiger partial charge < -0.3 is 9.47 Å². The summed E-state index contributed by atoms with van der Waals surface area (Å²) >= 11 is 0. The Labute approximate surface area is 143 Å². The van der Waals surface area contributed by atoms with Crippen molar-refractivity contribution in [3.05, 3.63) is 59.2 Å². The largest absolute Gasteiger partial charge is 0.348 e. The van der Waals surface area contributed by atoms with Gasteiger partial charge in [0.25, 0.3) is 0 Å². The minimum absolute atomic E-state index is 0.0266. The van der Waals surface area contributed by atoms with Crippen molar-refractivity contribution >= 4 is 0 Å². The van der Waals surface area contributed by atoms with Crippen LogP contribution in [0.2, 0.25) is 0 Å². The van der Waals surface area contributed by atoms with E-state index in [9.17, 15) is 17.6 Å². The number of hydrogen-bond acceptors (Lipinski definition) is 2. The van der Waals surface area contributed by atoms with E-state index in [1.807, 2.05) is 0 Å². The van der Waals surface area contributed by atoms with Crippen molar-refractivity contribution in [3.63, 3.8) is 0 Å². The highest BCUT2D eigenvalue weighted by Crippen LogP contribution is 2.31. The molecule has 0 aromatic heterocycles. The quantitative estimate of drug-likeness (QED) is 0.543. The lowest BCUT2D eigenvalue weighted by Crippen LogP contribution is -2.27. The zero-order valence-corrected chi connectivity index (χ0v) is 13.7. The molecule has 6 heteroatoms. The molecule has 1 saturated heterocycles. The normalized spacial score (nSPS) is 20.7. The van der Waals surface area contributed by atoms with E-state index in [1.54, 1.807) is 6.07 Å². The van der Waals surface area contributed by atoms with E-state index in [0.717, 1.165) is 25.0 Å². The molecule has 2 aromatic rings. The van der Waals surface area contributed by atoms with Crippen LogP contribution in [-0.2, 0) is 9.47 Å². The van der Waals surface area contributed by atoms with Crippen LogP contribution in [0.25, 0.3) is 11.1 Å². The van der Waals surface area contributed by atoms with Gasteiger partial charge >= 0.3 is 0 Å². The number of ether oxygens (including phenoxy) is 2.